The van der Waals surface area contributed by atoms with Gasteiger partial charge in [0.25, 0.3) is 0 Å². The van der Waals surface area contributed by atoms with E-state index in [1.807, 2.05) is 31.2 Å². The first-order valence-corrected chi connectivity index (χ1v) is 5.67. The lowest BCUT2D eigenvalue weighted by molar-refractivity contribution is 0.410. The number of nitrogens with two attached hydrogens (primary N) is 1. The van der Waals surface area contributed by atoms with Gasteiger partial charge in [0.1, 0.15) is 5.75 Å². The first-order chi connectivity index (χ1) is 8.51. The molecule has 0 fully saturated rings. The van der Waals surface area contributed by atoms with E-state index >= 15 is 0 Å². The van der Waals surface area contributed by atoms with E-state index in [0.717, 1.165) is 11.3 Å². The molecule has 18 heavy (non-hydrogen) atoms. The van der Waals surface area contributed by atoms with Crippen LogP contribution < -0.4 is 10.5 Å². The molecule has 0 amide bonds. The Morgan fingerprint density at radius 2 is 2.22 bits per heavy atom. The van der Waals surface area contributed by atoms with Crippen molar-refractivity contribution in [2.75, 3.05) is 7.11 Å². The van der Waals surface area contributed by atoms with Crippen LogP contribution in [-0.2, 0) is 19.0 Å². The van der Waals surface area contributed by atoms with Gasteiger partial charge in [-0.25, -0.2) is 0 Å². The zero-order valence-electron chi connectivity index (χ0n) is 10.8. The largest absolute Gasteiger partial charge is 0.497 e. The molecule has 6 nitrogen and oxygen atoms in total. The minimum Gasteiger partial charge on any atom is -0.497 e. The minimum absolute atomic E-state index is 0.522. The third-order valence-electron chi connectivity index (χ3n) is 2.80. The standard InChI is InChI=1S/C12H17N5O/c1-12(13,8-11-14-16-17(2)15-11)9-5-4-6-10(7-9)18-3/h4-7H,8,13H2,1-3H3. The number of aromatic nitrogens is 4. The molecule has 6 heteroatoms. The summed E-state index contributed by atoms with van der Waals surface area (Å²) in [5.41, 5.74) is 6.75. The molecule has 0 radical (unpaired) electrons. The van der Waals surface area contributed by atoms with Gasteiger partial charge in [-0.1, -0.05) is 12.1 Å². The van der Waals surface area contributed by atoms with Crippen molar-refractivity contribution in [1.82, 2.24) is 20.2 Å². The summed E-state index contributed by atoms with van der Waals surface area (Å²) in [4.78, 5) is 1.43. The number of benzene rings is 1. The monoisotopic (exact) mass is 247 g/mol. The molecular formula is C12H17N5O. The number of ether oxygens (including phenoxy) is 1. The normalized spacial score (nSPS) is 14.2. The lowest BCUT2D eigenvalue weighted by atomic mass is 9.89. The Balaban J connectivity index is 2.23. The molecule has 0 aliphatic rings. The summed E-state index contributed by atoms with van der Waals surface area (Å²) in [5, 5.41) is 11.9. The molecule has 1 aromatic heterocycles. The average Bonchev–Trinajstić information content (AvgIpc) is 2.74. The molecule has 0 aliphatic carbocycles. The maximum absolute atomic E-state index is 6.33. The molecule has 0 saturated heterocycles. The highest BCUT2D eigenvalue weighted by Crippen LogP contribution is 2.24. The molecule has 0 bridgehead atoms. The minimum atomic E-state index is -0.558. The van der Waals surface area contributed by atoms with Gasteiger partial charge in [0, 0.05) is 12.0 Å². The van der Waals surface area contributed by atoms with E-state index < -0.39 is 5.54 Å². The molecule has 0 saturated carbocycles. The van der Waals surface area contributed by atoms with E-state index in [0.29, 0.717) is 12.2 Å². The van der Waals surface area contributed by atoms with Crippen molar-refractivity contribution in [3.05, 3.63) is 35.7 Å². The molecule has 96 valence electrons. The molecular weight excluding hydrogens is 230 g/mol. The van der Waals surface area contributed by atoms with Gasteiger partial charge in [0.15, 0.2) is 5.82 Å². The molecule has 2 aromatic rings. The molecule has 0 aliphatic heterocycles. The summed E-state index contributed by atoms with van der Waals surface area (Å²) < 4.78 is 5.20. The summed E-state index contributed by atoms with van der Waals surface area (Å²) >= 11 is 0. The number of hydrogen-bond donors (Lipinski definition) is 1. The smallest absolute Gasteiger partial charge is 0.176 e. The summed E-state index contributed by atoms with van der Waals surface area (Å²) in [6, 6.07) is 7.71. The van der Waals surface area contributed by atoms with Crippen LogP contribution in [0.15, 0.2) is 24.3 Å². The zero-order valence-corrected chi connectivity index (χ0v) is 10.8. The number of tetrazole rings is 1. The van der Waals surface area contributed by atoms with Crippen LogP contribution in [0.4, 0.5) is 0 Å². The maximum Gasteiger partial charge on any atom is 0.176 e. The summed E-state index contributed by atoms with van der Waals surface area (Å²) in [7, 11) is 3.37. The Morgan fingerprint density at radius 3 is 2.83 bits per heavy atom. The van der Waals surface area contributed by atoms with Gasteiger partial charge >= 0.3 is 0 Å². The fraction of sp³-hybridized carbons (Fsp3) is 0.417. The Morgan fingerprint density at radius 1 is 1.44 bits per heavy atom. The van der Waals surface area contributed by atoms with E-state index in [9.17, 15) is 0 Å². The lowest BCUT2D eigenvalue weighted by Crippen LogP contribution is -2.36. The average molecular weight is 247 g/mol. The van der Waals surface area contributed by atoms with Gasteiger partial charge in [-0.3, -0.25) is 0 Å². The second-order valence-electron chi connectivity index (χ2n) is 4.52. The number of hydrogen-bond acceptors (Lipinski definition) is 5. The van der Waals surface area contributed by atoms with E-state index in [4.69, 9.17) is 10.5 Å². The van der Waals surface area contributed by atoms with E-state index in [1.165, 1.54) is 4.80 Å². The van der Waals surface area contributed by atoms with Crippen molar-refractivity contribution < 1.29 is 4.74 Å². The molecule has 0 spiro atoms. The Labute approximate surface area is 106 Å². The fourth-order valence-corrected chi connectivity index (χ4v) is 1.80. The van der Waals surface area contributed by atoms with Crippen LogP contribution >= 0.6 is 0 Å². The van der Waals surface area contributed by atoms with Gasteiger partial charge in [0.2, 0.25) is 0 Å². The zero-order chi connectivity index (χ0) is 13.2. The fourth-order valence-electron chi connectivity index (χ4n) is 1.80. The van der Waals surface area contributed by atoms with Crippen LogP contribution in [0.25, 0.3) is 0 Å². The van der Waals surface area contributed by atoms with Gasteiger partial charge < -0.3 is 10.5 Å². The van der Waals surface area contributed by atoms with Gasteiger partial charge in [-0.2, -0.15) is 4.80 Å². The summed E-state index contributed by atoms with van der Waals surface area (Å²) in [6.07, 6.45) is 0.522. The van der Waals surface area contributed by atoms with E-state index in [2.05, 4.69) is 15.4 Å². The van der Waals surface area contributed by atoms with Crippen molar-refractivity contribution in [2.24, 2.45) is 12.8 Å². The van der Waals surface area contributed by atoms with Gasteiger partial charge in [0.05, 0.1) is 14.2 Å². The number of rotatable bonds is 4. The van der Waals surface area contributed by atoms with E-state index in [1.54, 1.807) is 14.2 Å². The second kappa shape index (κ2) is 4.73. The van der Waals surface area contributed by atoms with Crippen molar-refractivity contribution in [2.45, 2.75) is 18.9 Å². The lowest BCUT2D eigenvalue weighted by Gasteiger charge is -2.24. The van der Waals surface area contributed by atoms with Crippen LogP contribution in [0.1, 0.15) is 18.3 Å². The highest BCUT2D eigenvalue weighted by molar-refractivity contribution is 5.33. The van der Waals surface area contributed by atoms with Crippen LogP contribution in [0.5, 0.6) is 5.75 Å². The summed E-state index contributed by atoms with van der Waals surface area (Å²) in [6.45, 7) is 1.94. The molecule has 1 heterocycles. The Kier molecular flexibility index (Phi) is 3.29. The van der Waals surface area contributed by atoms with Crippen LogP contribution in [0.2, 0.25) is 0 Å². The van der Waals surface area contributed by atoms with Crippen molar-refractivity contribution in [3.63, 3.8) is 0 Å². The highest BCUT2D eigenvalue weighted by atomic mass is 16.5. The molecule has 1 unspecified atom stereocenters. The quantitative estimate of drug-likeness (QED) is 0.857. The van der Waals surface area contributed by atoms with E-state index in [-0.39, 0.29) is 0 Å². The van der Waals surface area contributed by atoms with Crippen molar-refractivity contribution >= 4 is 0 Å². The third-order valence-corrected chi connectivity index (χ3v) is 2.80. The number of nitrogens with zero attached hydrogens (tertiary/aromatic N) is 4. The predicted molar refractivity (Wildman–Crippen MR) is 67.0 cm³/mol. The van der Waals surface area contributed by atoms with Gasteiger partial charge in [-0.05, 0) is 29.8 Å². The number of methoxy groups -OCH3 is 1. The SMILES string of the molecule is COc1cccc(C(C)(N)Cc2nnn(C)n2)c1. The Hall–Kier alpha value is -1.95. The third kappa shape index (κ3) is 2.65. The second-order valence-corrected chi connectivity index (χ2v) is 4.52. The van der Waals surface area contributed by atoms with Crippen LogP contribution in [0.3, 0.4) is 0 Å². The van der Waals surface area contributed by atoms with Crippen molar-refractivity contribution in [3.8, 4) is 5.75 Å². The van der Waals surface area contributed by atoms with Crippen LogP contribution in [-0.4, -0.2) is 27.3 Å². The van der Waals surface area contributed by atoms with Crippen molar-refractivity contribution in [1.29, 1.82) is 0 Å². The van der Waals surface area contributed by atoms with Crippen LogP contribution in [0, 0.1) is 0 Å². The summed E-state index contributed by atoms with van der Waals surface area (Å²) in [5.74, 6) is 1.42. The topological polar surface area (TPSA) is 78.9 Å². The maximum atomic E-state index is 6.33. The highest BCUT2D eigenvalue weighted by Gasteiger charge is 2.24. The first-order valence-electron chi connectivity index (χ1n) is 5.67. The molecule has 1 atom stereocenters. The number of aryl methyl sites for hydroxylation is 1. The van der Waals surface area contributed by atoms with Gasteiger partial charge in [-0.15, -0.1) is 10.2 Å². The predicted octanol–water partition coefficient (Wildman–Crippen LogP) is 0.635. The molecule has 2 rings (SSSR count). The Bertz CT molecular complexity index is 535. The first kappa shape index (κ1) is 12.5. The molecule has 2 N–H and O–H groups in total. The molecule has 1 aromatic carbocycles.